The lowest BCUT2D eigenvalue weighted by molar-refractivity contribution is -0.126. The number of nitrogens with zero attached hydrogens (tertiary/aromatic N) is 1. The highest BCUT2D eigenvalue weighted by atomic mass is 16.5. The van der Waals surface area contributed by atoms with Gasteiger partial charge in [0.15, 0.2) is 0 Å². The molecule has 1 aromatic heterocycles. The minimum absolute atomic E-state index is 0.120. The molecule has 1 unspecified atom stereocenters. The van der Waals surface area contributed by atoms with Gasteiger partial charge in [-0.05, 0) is 43.4 Å². The van der Waals surface area contributed by atoms with Crippen molar-refractivity contribution in [2.45, 2.75) is 56.7 Å². The molecule has 0 radical (unpaired) electrons. The lowest BCUT2D eigenvalue weighted by atomic mass is 9.93. The van der Waals surface area contributed by atoms with Crippen molar-refractivity contribution >= 4 is 28.6 Å². The number of hydrogen-bond acceptors (Lipinski definition) is 6. The Morgan fingerprint density at radius 1 is 1.26 bits per heavy atom. The van der Waals surface area contributed by atoms with Gasteiger partial charge in [0.05, 0.1) is 31.7 Å². The zero-order chi connectivity index (χ0) is 24.9. The van der Waals surface area contributed by atoms with E-state index in [-0.39, 0.29) is 24.7 Å². The molecule has 4 atom stereocenters. The third-order valence-electron chi connectivity index (χ3n) is 6.77. The molecule has 2 fully saturated rings. The van der Waals surface area contributed by atoms with Crippen LogP contribution >= 0.6 is 0 Å². The fourth-order valence-corrected chi connectivity index (χ4v) is 4.59. The zero-order valence-electron chi connectivity index (χ0n) is 19.7. The van der Waals surface area contributed by atoms with E-state index >= 15 is 0 Å². The van der Waals surface area contributed by atoms with Crippen molar-refractivity contribution < 1.29 is 24.2 Å². The van der Waals surface area contributed by atoms with Crippen LogP contribution in [0, 0.1) is 23.2 Å². The first-order chi connectivity index (χ1) is 16.9. The van der Waals surface area contributed by atoms with Gasteiger partial charge in [-0.1, -0.05) is 18.9 Å². The molecule has 186 valence electrons. The molecule has 4 rings (SSSR count). The average molecular weight is 482 g/mol. The minimum Gasteiger partial charge on any atom is -0.496 e. The molecule has 1 aliphatic heterocycles. The van der Waals surface area contributed by atoms with Crippen molar-refractivity contribution in [3.05, 3.63) is 30.0 Å². The summed E-state index contributed by atoms with van der Waals surface area (Å²) in [6, 6.07) is 7.49. The molecule has 0 spiro atoms. The van der Waals surface area contributed by atoms with E-state index < -0.39 is 30.0 Å². The highest BCUT2D eigenvalue weighted by Gasteiger charge is 2.35. The Kier molecular flexibility index (Phi) is 7.56. The summed E-state index contributed by atoms with van der Waals surface area (Å²) >= 11 is 0. The Morgan fingerprint density at radius 3 is 2.71 bits per heavy atom. The summed E-state index contributed by atoms with van der Waals surface area (Å²) in [5.74, 6) is -0.336. The number of amides is 3. The number of nitrogens with one attached hydrogen (secondary N) is 4. The molecule has 2 heterocycles. The summed E-state index contributed by atoms with van der Waals surface area (Å²) in [5, 5.41) is 28.7. The van der Waals surface area contributed by atoms with Gasteiger partial charge >= 0.3 is 0 Å². The molecule has 10 nitrogen and oxygen atoms in total. The summed E-state index contributed by atoms with van der Waals surface area (Å²) in [7, 11) is 1.56. The van der Waals surface area contributed by atoms with Crippen LogP contribution in [0.1, 0.15) is 49.0 Å². The van der Waals surface area contributed by atoms with Crippen molar-refractivity contribution in [1.82, 2.24) is 20.9 Å². The SMILES string of the molecule is COc1cccc2[nH]c(C(=O)N[C@@H](CC3CC3)C(=O)N[C@@H](C[C@@H]3CCNC3=O)C(O)CC#N)cc12. The highest BCUT2D eigenvalue weighted by molar-refractivity contribution is 6.01. The van der Waals surface area contributed by atoms with Crippen molar-refractivity contribution in [2.24, 2.45) is 11.8 Å². The van der Waals surface area contributed by atoms with E-state index in [0.717, 1.165) is 23.7 Å². The Balaban J connectivity index is 1.48. The molecule has 0 bridgehead atoms. The zero-order valence-corrected chi connectivity index (χ0v) is 19.7. The van der Waals surface area contributed by atoms with E-state index in [1.165, 1.54) is 0 Å². The molecule has 5 N–H and O–H groups in total. The van der Waals surface area contributed by atoms with Gasteiger partial charge in [0.1, 0.15) is 17.5 Å². The van der Waals surface area contributed by atoms with Gasteiger partial charge in [-0.2, -0.15) is 5.26 Å². The number of carbonyl (C=O) groups excluding carboxylic acids is 3. The number of H-pyrrole nitrogens is 1. The van der Waals surface area contributed by atoms with E-state index in [0.29, 0.717) is 36.7 Å². The maximum atomic E-state index is 13.3. The molecule has 35 heavy (non-hydrogen) atoms. The largest absolute Gasteiger partial charge is 0.496 e. The summed E-state index contributed by atoms with van der Waals surface area (Å²) in [4.78, 5) is 41.4. The molecular weight excluding hydrogens is 450 g/mol. The van der Waals surface area contributed by atoms with Gasteiger partial charge in [0, 0.05) is 23.4 Å². The quantitative estimate of drug-likeness (QED) is 0.326. The smallest absolute Gasteiger partial charge is 0.268 e. The highest BCUT2D eigenvalue weighted by Crippen LogP contribution is 2.34. The first-order valence-corrected chi connectivity index (χ1v) is 12.0. The van der Waals surface area contributed by atoms with Crippen LogP contribution in [0.3, 0.4) is 0 Å². The van der Waals surface area contributed by atoms with Gasteiger partial charge in [-0.15, -0.1) is 0 Å². The first-order valence-electron chi connectivity index (χ1n) is 12.0. The van der Waals surface area contributed by atoms with Crippen LogP contribution in [0.4, 0.5) is 0 Å². The molecule has 2 aromatic rings. The van der Waals surface area contributed by atoms with Crippen molar-refractivity contribution in [1.29, 1.82) is 5.26 Å². The Bertz CT molecular complexity index is 1130. The molecule has 3 amide bonds. The van der Waals surface area contributed by atoms with Crippen LogP contribution in [0.25, 0.3) is 10.9 Å². The number of methoxy groups -OCH3 is 1. The molecular formula is C25H31N5O5. The fraction of sp³-hybridized carbons (Fsp3) is 0.520. The van der Waals surface area contributed by atoms with Gasteiger partial charge in [0.2, 0.25) is 11.8 Å². The second kappa shape index (κ2) is 10.8. The number of ether oxygens (including phenoxy) is 1. The third-order valence-corrected chi connectivity index (χ3v) is 6.77. The first kappa shape index (κ1) is 24.5. The summed E-state index contributed by atoms with van der Waals surface area (Å²) in [6.45, 7) is 0.550. The number of aliphatic hydroxyl groups is 1. The van der Waals surface area contributed by atoms with Crippen LogP contribution in [0.15, 0.2) is 24.3 Å². The topological polar surface area (TPSA) is 156 Å². The number of aliphatic hydroxyl groups excluding tert-OH is 1. The molecule has 1 saturated carbocycles. The van der Waals surface area contributed by atoms with Crippen LogP contribution in [-0.4, -0.2) is 59.7 Å². The van der Waals surface area contributed by atoms with Crippen LogP contribution in [0.2, 0.25) is 0 Å². The van der Waals surface area contributed by atoms with E-state index in [9.17, 15) is 19.5 Å². The third kappa shape index (κ3) is 5.92. The number of benzene rings is 1. The number of aromatic nitrogens is 1. The standard InChI is InChI=1S/C25H31N5O5/c1-35-22-4-2-3-17-16(22)13-20(28-17)25(34)30-19(11-14-5-6-14)24(33)29-18(21(31)7-9-26)12-15-8-10-27-23(15)32/h2-4,13-15,18-19,21,28,31H,5-8,10-12H2,1H3,(H,27,32)(H,29,33)(H,30,34)/t15-,18-,19-,21?/m0/s1. The Hall–Kier alpha value is -3.58. The second-order valence-corrected chi connectivity index (χ2v) is 9.37. The van der Waals surface area contributed by atoms with Gasteiger partial charge in [0.25, 0.3) is 5.91 Å². The number of rotatable bonds is 11. The summed E-state index contributed by atoms with van der Waals surface area (Å²) in [5.41, 5.74) is 1.05. The molecule has 2 aliphatic rings. The van der Waals surface area contributed by atoms with Gasteiger partial charge in [-0.3, -0.25) is 14.4 Å². The summed E-state index contributed by atoms with van der Waals surface area (Å²) < 4.78 is 5.36. The number of aromatic amines is 1. The van der Waals surface area contributed by atoms with Crippen molar-refractivity contribution in [3.8, 4) is 11.8 Å². The maximum absolute atomic E-state index is 13.3. The number of hydrogen-bond donors (Lipinski definition) is 5. The van der Waals surface area contributed by atoms with Crippen molar-refractivity contribution in [2.75, 3.05) is 13.7 Å². The van der Waals surface area contributed by atoms with E-state index in [1.807, 2.05) is 18.2 Å². The fourth-order valence-electron chi connectivity index (χ4n) is 4.59. The van der Waals surface area contributed by atoms with Crippen molar-refractivity contribution in [3.63, 3.8) is 0 Å². The van der Waals surface area contributed by atoms with Gasteiger partial charge in [-0.25, -0.2) is 0 Å². The predicted molar refractivity (Wildman–Crippen MR) is 127 cm³/mol. The lowest BCUT2D eigenvalue weighted by Gasteiger charge is -2.27. The average Bonchev–Trinajstić information content (AvgIpc) is 3.40. The number of nitriles is 1. The van der Waals surface area contributed by atoms with Crippen LogP contribution in [-0.2, 0) is 9.59 Å². The van der Waals surface area contributed by atoms with E-state index in [2.05, 4.69) is 20.9 Å². The van der Waals surface area contributed by atoms with E-state index in [4.69, 9.17) is 10.00 Å². The van der Waals surface area contributed by atoms with E-state index in [1.54, 1.807) is 19.2 Å². The monoisotopic (exact) mass is 481 g/mol. The maximum Gasteiger partial charge on any atom is 0.268 e. The predicted octanol–water partition coefficient (Wildman–Crippen LogP) is 1.36. The molecule has 10 heteroatoms. The summed E-state index contributed by atoms with van der Waals surface area (Å²) in [6.07, 6.45) is 2.01. The molecule has 1 aliphatic carbocycles. The lowest BCUT2D eigenvalue weighted by Crippen LogP contribution is -2.53. The molecule has 1 aromatic carbocycles. The number of fused-ring (bicyclic) bond motifs is 1. The molecule has 1 saturated heterocycles. The minimum atomic E-state index is -1.12. The number of carbonyl (C=O) groups is 3. The van der Waals surface area contributed by atoms with Crippen LogP contribution < -0.4 is 20.7 Å². The normalized spacial score (nSPS) is 19.9. The Morgan fingerprint density at radius 2 is 2.06 bits per heavy atom. The Labute approximate surface area is 203 Å². The van der Waals surface area contributed by atoms with Crippen LogP contribution in [0.5, 0.6) is 5.75 Å². The van der Waals surface area contributed by atoms with Gasteiger partial charge < -0.3 is 30.8 Å². The second-order valence-electron chi connectivity index (χ2n) is 9.37.